The first-order valence-electron chi connectivity index (χ1n) is 11.4. The number of aliphatic hydroxyl groups is 1. The zero-order chi connectivity index (χ0) is 22.5. The second-order valence-corrected chi connectivity index (χ2v) is 9.63. The minimum Gasteiger partial charge on any atom is -0.361 e. The van der Waals surface area contributed by atoms with Crippen LogP contribution < -0.4 is 10.2 Å². The van der Waals surface area contributed by atoms with Crippen molar-refractivity contribution in [1.82, 2.24) is 14.8 Å². The third-order valence-corrected chi connectivity index (χ3v) is 7.76. The molecule has 1 aromatic heterocycles. The average molecular weight is 433 g/mol. The molecule has 2 N–H and O–H groups in total. The highest BCUT2D eigenvalue weighted by Crippen LogP contribution is 2.47. The molecule has 1 aliphatic carbocycles. The number of aliphatic hydroxyl groups excluding tert-OH is 1. The van der Waals surface area contributed by atoms with E-state index in [0.717, 1.165) is 48.8 Å². The molecule has 0 bridgehead atoms. The first-order chi connectivity index (χ1) is 15.4. The Balaban J connectivity index is 1.42. The number of fused-ring (bicyclic) bond motifs is 1. The van der Waals surface area contributed by atoms with Gasteiger partial charge in [-0.15, -0.1) is 0 Å². The van der Waals surface area contributed by atoms with Gasteiger partial charge in [-0.05, 0) is 63.5 Å². The number of benzene rings is 2. The van der Waals surface area contributed by atoms with Crippen molar-refractivity contribution in [1.29, 1.82) is 0 Å². The molecule has 32 heavy (non-hydrogen) atoms. The highest BCUT2D eigenvalue weighted by Gasteiger charge is 2.50. The number of carbonyl (C=O) groups is 1. The Kier molecular flexibility index (Phi) is 5.12. The van der Waals surface area contributed by atoms with Crippen LogP contribution in [-0.4, -0.2) is 53.0 Å². The van der Waals surface area contributed by atoms with Crippen LogP contribution in [0.5, 0.6) is 0 Å². The quantitative estimate of drug-likeness (QED) is 0.660. The number of nitrogens with one attached hydrogen (secondary N) is 1. The van der Waals surface area contributed by atoms with Crippen molar-refractivity contribution in [3.63, 3.8) is 0 Å². The second-order valence-electron chi connectivity index (χ2n) is 9.63. The van der Waals surface area contributed by atoms with Gasteiger partial charge < -0.3 is 10.0 Å². The van der Waals surface area contributed by atoms with Crippen molar-refractivity contribution >= 4 is 22.5 Å². The molecule has 1 spiro atoms. The lowest BCUT2D eigenvalue weighted by Gasteiger charge is -2.49. The molecule has 5 rings (SSSR count). The fraction of sp³-hybridized carbons (Fsp3) is 0.423. The molecular formula is C26H32N4O2. The van der Waals surface area contributed by atoms with Gasteiger partial charge in [-0.1, -0.05) is 36.4 Å². The van der Waals surface area contributed by atoms with Crippen molar-refractivity contribution in [3.05, 3.63) is 66.4 Å². The van der Waals surface area contributed by atoms with Gasteiger partial charge in [0, 0.05) is 41.8 Å². The number of hydrogen-bond acceptors (Lipinski definition) is 5. The van der Waals surface area contributed by atoms with Gasteiger partial charge in [-0.2, -0.15) is 0 Å². The summed E-state index contributed by atoms with van der Waals surface area (Å²) < 4.78 is 1.66. The lowest BCUT2D eigenvalue weighted by molar-refractivity contribution is 0.0513. The molecule has 2 heterocycles. The van der Waals surface area contributed by atoms with E-state index in [0.29, 0.717) is 0 Å². The summed E-state index contributed by atoms with van der Waals surface area (Å²) in [5.74, 6) is -0.0121. The van der Waals surface area contributed by atoms with Gasteiger partial charge in [0.15, 0.2) is 6.35 Å². The zero-order valence-electron chi connectivity index (χ0n) is 19.1. The minimum absolute atomic E-state index is 0.0121. The van der Waals surface area contributed by atoms with Crippen molar-refractivity contribution in [2.75, 3.05) is 25.5 Å². The summed E-state index contributed by atoms with van der Waals surface area (Å²) in [7, 11) is 4.35. The summed E-state index contributed by atoms with van der Waals surface area (Å²) in [6.07, 6.45) is 5.10. The van der Waals surface area contributed by atoms with Crippen molar-refractivity contribution in [2.24, 2.45) is 0 Å². The van der Waals surface area contributed by atoms with E-state index in [1.807, 2.05) is 30.5 Å². The van der Waals surface area contributed by atoms with Crippen LogP contribution in [0, 0.1) is 0 Å². The third kappa shape index (κ3) is 3.25. The predicted octanol–water partition coefficient (Wildman–Crippen LogP) is 3.76. The van der Waals surface area contributed by atoms with E-state index >= 15 is 0 Å². The van der Waals surface area contributed by atoms with Crippen LogP contribution >= 0.6 is 0 Å². The average Bonchev–Trinajstić information content (AvgIpc) is 3.36. The van der Waals surface area contributed by atoms with Gasteiger partial charge >= 0.3 is 0 Å². The summed E-state index contributed by atoms with van der Waals surface area (Å²) in [5.41, 5.74) is 3.10. The predicted molar refractivity (Wildman–Crippen MR) is 128 cm³/mol. The van der Waals surface area contributed by atoms with Crippen LogP contribution in [-0.2, 0) is 5.54 Å². The monoisotopic (exact) mass is 432 g/mol. The number of hydrogen-bond donors (Lipinski definition) is 2. The summed E-state index contributed by atoms with van der Waals surface area (Å²) in [5, 5.41) is 15.5. The van der Waals surface area contributed by atoms with E-state index in [-0.39, 0.29) is 17.0 Å². The first-order valence-corrected chi connectivity index (χ1v) is 11.4. The number of aromatic nitrogens is 1. The highest BCUT2D eigenvalue weighted by molar-refractivity contribution is 5.98. The second kappa shape index (κ2) is 7.73. The molecule has 0 amide bonds. The highest BCUT2D eigenvalue weighted by atomic mass is 16.3. The molecule has 1 aliphatic heterocycles. The van der Waals surface area contributed by atoms with E-state index in [4.69, 9.17) is 0 Å². The Hall–Kier alpha value is -2.67. The lowest BCUT2D eigenvalue weighted by Crippen LogP contribution is -2.54. The van der Waals surface area contributed by atoms with E-state index in [1.54, 1.807) is 11.5 Å². The first kappa shape index (κ1) is 21.2. The molecule has 1 saturated carbocycles. The molecule has 6 heteroatoms. The maximum Gasteiger partial charge on any atom is 0.227 e. The van der Waals surface area contributed by atoms with Gasteiger partial charge in [0.25, 0.3) is 0 Å². The van der Waals surface area contributed by atoms with Crippen LogP contribution in [0.25, 0.3) is 10.9 Å². The molecule has 3 aromatic rings. The molecule has 6 nitrogen and oxygen atoms in total. The largest absolute Gasteiger partial charge is 0.361 e. The van der Waals surface area contributed by atoms with Crippen LogP contribution in [0.4, 0.5) is 5.69 Å². The SMILES string of the molecule is CC(=O)n1ccc2c(N3CC4(CCC(c5ccccc5)(N(C)C)CC4)NC3O)cccc21. The van der Waals surface area contributed by atoms with Gasteiger partial charge in [-0.3, -0.25) is 19.6 Å². The molecule has 1 unspecified atom stereocenters. The van der Waals surface area contributed by atoms with E-state index in [2.05, 4.69) is 59.5 Å². The molecule has 2 aromatic carbocycles. The molecule has 2 aliphatic rings. The smallest absolute Gasteiger partial charge is 0.227 e. The number of anilines is 1. The Morgan fingerprint density at radius 1 is 1.03 bits per heavy atom. The summed E-state index contributed by atoms with van der Waals surface area (Å²) >= 11 is 0. The van der Waals surface area contributed by atoms with Crippen LogP contribution in [0.15, 0.2) is 60.8 Å². The molecular weight excluding hydrogens is 400 g/mol. The summed E-state index contributed by atoms with van der Waals surface area (Å²) in [6, 6.07) is 18.7. The maximum absolute atomic E-state index is 12.0. The van der Waals surface area contributed by atoms with E-state index < -0.39 is 6.35 Å². The Labute approximate surface area is 189 Å². The van der Waals surface area contributed by atoms with Gasteiger partial charge in [0.2, 0.25) is 5.91 Å². The van der Waals surface area contributed by atoms with Crippen LogP contribution in [0.3, 0.4) is 0 Å². The van der Waals surface area contributed by atoms with Gasteiger partial charge in [0.05, 0.1) is 5.52 Å². The minimum atomic E-state index is -0.746. The van der Waals surface area contributed by atoms with E-state index in [9.17, 15) is 9.90 Å². The van der Waals surface area contributed by atoms with E-state index in [1.165, 1.54) is 5.56 Å². The Morgan fingerprint density at radius 3 is 2.41 bits per heavy atom. The maximum atomic E-state index is 12.0. The molecule has 1 atom stereocenters. The number of rotatable bonds is 3. The van der Waals surface area contributed by atoms with Gasteiger partial charge in [0.1, 0.15) is 0 Å². The normalized spacial score (nSPS) is 28.2. The molecule has 168 valence electrons. The Bertz CT molecular complexity index is 1130. The summed E-state index contributed by atoms with van der Waals surface area (Å²) in [6.45, 7) is 2.32. The Morgan fingerprint density at radius 2 is 1.75 bits per heavy atom. The van der Waals surface area contributed by atoms with Crippen LogP contribution in [0.2, 0.25) is 0 Å². The standard InChI is InChI=1S/C26H32N4O2/c1-19(31)29-17-12-21-22(29)10-7-11-23(21)30-18-25(27-24(30)32)13-15-26(16-14-25,28(2)3)20-8-5-4-6-9-20/h4-12,17,24,27,32H,13-16,18H2,1-3H3. The summed E-state index contributed by atoms with van der Waals surface area (Å²) in [4.78, 5) is 16.4. The van der Waals surface area contributed by atoms with Crippen molar-refractivity contribution in [3.8, 4) is 0 Å². The van der Waals surface area contributed by atoms with Gasteiger partial charge in [-0.25, -0.2) is 0 Å². The topological polar surface area (TPSA) is 60.7 Å². The number of carbonyl (C=O) groups excluding carboxylic acids is 1. The molecule has 1 saturated heterocycles. The third-order valence-electron chi connectivity index (χ3n) is 7.76. The lowest BCUT2D eigenvalue weighted by atomic mass is 9.69. The van der Waals surface area contributed by atoms with Crippen molar-refractivity contribution < 1.29 is 9.90 Å². The van der Waals surface area contributed by atoms with Crippen molar-refractivity contribution in [2.45, 2.75) is 50.0 Å². The molecule has 2 fully saturated rings. The molecule has 0 radical (unpaired) electrons. The fourth-order valence-electron chi connectivity index (χ4n) is 5.89. The number of nitrogens with zero attached hydrogens (tertiary/aromatic N) is 3. The van der Waals surface area contributed by atoms with Crippen LogP contribution in [0.1, 0.15) is 43.0 Å². The fourth-order valence-corrected chi connectivity index (χ4v) is 5.89. The zero-order valence-corrected chi connectivity index (χ0v) is 19.1.